The molecule has 0 unspecified atom stereocenters. The smallest absolute Gasteiger partial charge is 0.410 e. The maximum absolute atomic E-state index is 13.1. The van der Waals surface area contributed by atoms with Gasteiger partial charge < -0.3 is 24.4 Å². The van der Waals surface area contributed by atoms with E-state index in [0.29, 0.717) is 61.0 Å². The fourth-order valence-corrected chi connectivity index (χ4v) is 5.20. The number of fused-ring (bicyclic) bond motifs is 2. The number of benzene rings is 2. The number of anilines is 1. The minimum absolute atomic E-state index is 0.282. The van der Waals surface area contributed by atoms with Gasteiger partial charge in [-0.2, -0.15) is 5.26 Å². The summed E-state index contributed by atoms with van der Waals surface area (Å²) in [5, 5.41) is 13.1. The number of nitrogens with zero attached hydrogens (tertiary/aromatic N) is 3. The average Bonchev–Trinajstić information content (AvgIpc) is 3.31. The molecule has 1 N–H and O–H groups in total. The normalized spacial score (nSPS) is 14.4. The van der Waals surface area contributed by atoms with Gasteiger partial charge in [-0.1, -0.05) is 18.2 Å². The van der Waals surface area contributed by atoms with Gasteiger partial charge in [0.05, 0.1) is 23.5 Å². The molecule has 37 heavy (non-hydrogen) atoms. The molecule has 0 aliphatic carbocycles. The van der Waals surface area contributed by atoms with Gasteiger partial charge in [0.15, 0.2) is 16.5 Å². The second kappa shape index (κ2) is 9.75. The first kappa shape index (κ1) is 24.6. The number of thiazole rings is 1. The fourth-order valence-electron chi connectivity index (χ4n) is 4.18. The van der Waals surface area contributed by atoms with Crippen molar-refractivity contribution in [2.75, 3.05) is 25.1 Å². The highest BCUT2D eigenvalue weighted by atomic mass is 32.1. The number of carbonyl (C=O) groups is 2. The maximum Gasteiger partial charge on any atom is 0.410 e. The molecule has 0 atom stereocenters. The summed E-state index contributed by atoms with van der Waals surface area (Å²) in [5.41, 5.74) is 2.41. The van der Waals surface area contributed by atoms with Gasteiger partial charge >= 0.3 is 6.09 Å². The van der Waals surface area contributed by atoms with Crippen LogP contribution >= 0.6 is 11.3 Å². The van der Waals surface area contributed by atoms with Crippen molar-refractivity contribution in [1.29, 1.82) is 5.26 Å². The van der Waals surface area contributed by atoms with Crippen LogP contribution in [0, 0.1) is 11.3 Å². The number of carbonyl (C=O) groups excluding carboxylic acids is 2. The predicted octanol–water partition coefficient (Wildman–Crippen LogP) is 5.00. The lowest BCUT2D eigenvalue weighted by Crippen LogP contribution is -2.39. The Hall–Kier alpha value is -4.10. The molecule has 10 heteroatoms. The lowest BCUT2D eigenvalue weighted by molar-refractivity contribution is 0.0225. The number of amides is 2. The maximum atomic E-state index is 13.1. The Balaban J connectivity index is 1.35. The minimum Gasteiger partial charge on any atom is -0.486 e. The van der Waals surface area contributed by atoms with Gasteiger partial charge in [-0.25, -0.2) is 9.78 Å². The van der Waals surface area contributed by atoms with Crippen molar-refractivity contribution >= 4 is 29.0 Å². The number of nitrogens with one attached hydrogen (secondary N) is 1. The number of rotatable bonds is 3. The van der Waals surface area contributed by atoms with Gasteiger partial charge in [0.25, 0.3) is 5.91 Å². The van der Waals surface area contributed by atoms with E-state index in [2.05, 4.69) is 16.4 Å². The van der Waals surface area contributed by atoms with Gasteiger partial charge in [-0.15, -0.1) is 11.3 Å². The first-order chi connectivity index (χ1) is 17.7. The molecule has 3 heterocycles. The van der Waals surface area contributed by atoms with Crippen molar-refractivity contribution in [1.82, 2.24) is 9.88 Å². The van der Waals surface area contributed by atoms with E-state index < -0.39 is 11.5 Å². The van der Waals surface area contributed by atoms with Crippen LogP contribution < -0.4 is 14.8 Å². The zero-order valence-electron chi connectivity index (χ0n) is 20.8. The van der Waals surface area contributed by atoms with Crippen molar-refractivity contribution in [3.63, 3.8) is 0 Å². The molecule has 3 aromatic rings. The number of hydrogen-bond acceptors (Lipinski definition) is 8. The third-order valence-corrected chi connectivity index (χ3v) is 6.94. The van der Waals surface area contributed by atoms with E-state index in [4.69, 9.17) is 14.2 Å². The van der Waals surface area contributed by atoms with Gasteiger partial charge in [-0.05, 0) is 44.5 Å². The Morgan fingerprint density at radius 1 is 1.16 bits per heavy atom. The monoisotopic (exact) mass is 518 g/mol. The first-order valence-electron chi connectivity index (χ1n) is 11.9. The zero-order chi connectivity index (χ0) is 26.2. The Labute approximate surface area is 218 Å². The van der Waals surface area contributed by atoms with Gasteiger partial charge in [-0.3, -0.25) is 4.79 Å². The average molecular weight is 519 g/mol. The molecule has 0 radical (unpaired) electrons. The third-order valence-electron chi connectivity index (χ3n) is 5.85. The first-order valence-corrected chi connectivity index (χ1v) is 12.7. The minimum atomic E-state index is -0.580. The van der Waals surface area contributed by atoms with E-state index in [1.165, 1.54) is 11.3 Å². The summed E-state index contributed by atoms with van der Waals surface area (Å²) in [6.45, 7) is 7.26. The Kier molecular flexibility index (Phi) is 6.48. The molecule has 9 nitrogen and oxygen atoms in total. The van der Waals surface area contributed by atoms with Crippen LogP contribution in [0.3, 0.4) is 0 Å². The standard InChI is InChI=1S/C27H26N4O5S/c1-27(2,3)36-26(33)31-10-9-20-23(15-31)37-25(30-20)24(32)29-19-6-4-5-17(18(19)14-28)16-7-8-21-22(13-16)35-12-11-34-21/h4-8,13H,9-12,15H2,1-3H3,(H,29,32). The zero-order valence-corrected chi connectivity index (χ0v) is 21.6. The molecule has 5 rings (SSSR count). The lowest BCUT2D eigenvalue weighted by Gasteiger charge is -2.29. The summed E-state index contributed by atoms with van der Waals surface area (Å²) in [6, 6.07) is 13.0. The SMILES string of the molecule is CC(C)(C)OC(=O)N1CCc2nc(C(=O)Nc3cccc(-c4ccc5c(c4)OCCO5)c3C#N)sc2C1. The van der Waals surface area contributed by atoms with Crippen LogP contribution in [0.2, 0.25) is 0 Å². The molecule has 0 saturated heterocycles. The van der Waals surface area contributed by atoms with Crippen molar-refractivity contribution in [3.05, 3.63) is 57.5 Å². The molecule has 2 amide bonds. The van der Waals surface area contributed by atoms with E-state index in [0.717, 1.165) is 16.1 Å². The summed E-state index contributed by atoms with van der Waals surface area (Å²) in [6.07, 6.45) is 0.161. The molecule has 2 aliphatic heterocycles. The summed E-state index contributed by atoms with van der Waals surface area (Å²) in [7, 11) is 0. The van der Waals surface area contributed by atoms with Crippen molar-refractivity contribution in [3.8, 4) is 28.7 Å². The second-order valence-corrected chi connectivity index (χ2v) is 10.8. The van der Waals surface area contributed by atoms with E-state index in [1.807, 2.05) is 45.0 Å². The van der Waals surface area contributed by atoms with Crippen LogP contribution in [0.5, 0.6) is 11.5 Å². The third kappa shape index (κ3) is 5.22. The Morgan fingerprint density at radius 3 is 2.70 bits per heavy atom. The van der Waals surface area contributed by atoms with Gasteiger partial charge in [0.1, 0.15) is 24.9 Å². The van der Waals surface area contributed by atoms with Gasteiger partial charge in [0, 0.05) is 23.4 Å². The summed E-state index contributed by atoms with van der Waals surface area (Å²) in [5.74, 6) is 0.880. The number of hydrogen-bond donors (Lipinski definition) is 1. The van der Waals surface area contributed by atoms with Crippen LogP contribution in [-0.4, -0.2) is 47.2 Å². The van der Waals surface area contributed by atoms with E-state index in [-0.39, 0.29) is 11.1 Å². The highest BCUT2D eigenvalue weighted by Crippen LogP contribution is 2.37. The molecular formula is C27H26N4O5S. The number of ether oxygens (including phenoxy) is 3. The quantitative estimate of drug-likeness (QED) is 0.519. The summed E-state index contributed by atoms with van der Waals surface area (Å²) < 4.78 is 16.7. The van der Waals surface area contributed by atoms with Crippen molar-refractivity contribution in [2.45, 2.75) is 39.3 Å². The fraction of sp³-hybridized carbons (Fsp3) is 0.333. The van der Waals surface area contributed by atoms with Gasteiger partial charge in [0.2, 0.25) is 0 Å². The molecule has 2 aromatic carbocycles. The molecule has 2 aliphatic rings. The Morgan fingerprint density at radius 2 is 1.95 bits per heavy atom. The summed E-state index contributed by atoms with van der Waals surface area (Å²) >= 11 is 1.25. The second-order valence-electron chi connectivity index (χ2n) is 9.69. The molecule has 1 aromatic heterocycles. The molecule has 0 fully saturated rings. The molecule has 0 bridgehead atoms. The van der Waals surface area contributed by atoms with Crippen molar-refractivity contribution in [2.24, 2.45) is 0 Å². The van der Waals surface area contributed by atoms with Crippen LogP contribution in [0.1, 0.15) is 46.7 Å². The topological polar surface area (TPSA) is 114 Å². The molecule has 0 spiro atoms. The van der Waals surface area contributed by atoms with Crippen molar-refractivity contribution < 1.29 is 23.8 Å². The van der Waals surface area contributed by atoms with Crippen LogP contribution in [-0.2, 0) is 17.7 Å². The highest BCUT2D eigenvalue weighted by Gasteiger charge is 2.29. The molecular weight excluding hydrogens is 492 g/mol. The number of aromatic nitrogens is 1. The van der Waals surface area contributed by atoms with E-state index in [9.17, 15) is 14.9 Å². The Bertz CT molecular complexity index is 1420. The molecule has 190 valence electrons. The highest BCUT2D eigenvalue weighted by molar-refractivity contribution is 7.13. The van der Waals surface area contributed by atoms with Crippen LogP contribution in [0.15, 0.2) is 36.4 Å². The number of nitriles is 1. The lowest BCUT2D eigenvalue weighted by atomic mass is 9.98. The predicted molar refractivity (Wildman–Crippen MR) is 138 cm³/mol. The largest absolute Gasteiger partial charge is 0.486 e. The van der Waals surface area contributed by atoms with Crippen LogP contribution in [0.4, 0.5) is 10.5 Å². The summed E-state index contributed by atoms with van der Waals surface area (Å²) in [4.78, 5) is 32.6. The van der Waals surface area contributed by atoms with E-state index >= 15 is 0 Å². The van der Waals surface area contributed by atoms with E-state index in [1.54, 1.807) is 17.0 Å². The van der Waals surface area contributed by atoms with Crippen LogP contribution in [0.25, 0.3) is 11.1 Å². The molecule has 0 saturated carbocycles.